The van der Waals surface area contributed by atoms with E-state index < -0.39 is 0 Å². The Balaban J connectivity index is 2.60. The summed E-state index contributed by atoms with van der Waals surface area (Å²) in [6, 6.07) is 0.0413. The number of hydrogen-bond donors (Lipinski definition) is 2. The van der Waals surface area contributed by atoms with Crippen molar-refractivity contribution >= 4 is 5.84 Å². The molecule has 4 heteroatoms. The van der Waals surface area contributed by atoms with Crippen LogP contribution < -0.4 is 5.73 Å². The van der Waals surface area contributed by atoms with Crippen LogP contribution in [0.4, 0.5) is 0 Å². The van der Waals surface area contributed by atoms with Crippen LogP contribution in [0, 0.1) is 5.41 Å². The van der Waals surface area contributed by atoms with Crippen LogP contribution in [-0.2, 0) is 0 Å². The molecule has 1 aliphatic rings. The van der Waals surface area contributed by atoms with Crippen LogP contribution >= 0.6 is 0 Å². The van der Waals surface area contributed by atoms with Gasteiger partial charge in [-0.2, -0.15) is 0 Å². The molecule has 1 aliphatic heterocycles. The van der Waals surface area contributed by atoms with Crippen LogP contribution in [0.15, 0.2) is 5.16 Å². The highest BCUT2D eigenvalue weighted by Crippen LogP contribution is 2.29. The lowest BCUT2D eigenvalue weighted by Gasteiger charge is -2.40. The van der Waals surface area contributed by atoms with Gasteiger partial charge in [-0.25, -0.2) is 0 Å². The summed E-state index contributed by atoms with van der Waals surface area (Å²) in [6.07, 6.45) is 2.45. The zero-order chi connectivity index (χ0) is 10.8. The molecule has 1 heterocycles. The molecule has 1 atom stereocenters. The molecule has 0 aromatic carbocycles. The minimum atomic E-state index is 0.0413. The second-order valence-corrected chi connectivity index (χ2v) is 4.94. The van der Waals surface area contributed by atoms with Crippen molar-refractivity contribution in [2.45, 2.75) is 39.7 Å². The summed E-state index contributed by atoms with van der Waals surface area (Å²) < 4.78 is 0. The molecule has 4 nitrogen and oxygen atoms in total. The quantitative estimate of drug-likeness (QED) is 0.304. The van der Waals surface area contributed by atoms with Crippen molar-refractivity contribution < 1.29 is 5.21 Å². The van der Waals surface area contributed by atoms with Crippen LogP contribution in [0.2, 0.25) is 0 Å². The maximum absolute atomic E-state index is 8.60. The summed E-state index contributed by atoms with van der Waals surface area (Å²) in [5, 5.41) is 11.7. The molecule has 0 aromatic rings. The number of hydrogen-bond acceptors (Lipinski definition) is 3. The molecule has 0 aromatic heterocycles. The van der Waals surface area contributed by atoms with Gasteiger partial charge in [-0.3, -0.25) is 4.90 Å². The predicted molar refractivity (Wildman–Crippen MR) is 57.5 cm³/mol. The van der Waals surface area contributed by atoms with E-state index in [1.807, 2.05) is 6.92 Å². The van der Waals surface area contributed by atoms with E-state index in [1.165, 1.54) is 12.8 Å². The van der Waals surface area contributed by atoms with Crippen LogP contribution in [0.5, 0.6) is 0 Å². The van der Waals surface area contributed by atoms with Gasteiger partial charge in [0.05, 0.1) is 6.04 Å². The molecule has 3 N–H and O–H groups in total. The topological polar surface area (TPSA) is 61.9 Å². The molecule has 0 amide bonds. The number of oxime groups is 1. The Labute approximate surface area is 85.8 Å². The third-order valence-corrected chi connectivity index (χ3v) is 3.02. The normalized spacial score (nSPS) is 26.1. The van der Waals surface area contributed by atoms with Gasteiger partial charge in [0.15, 0.2) is 5.84 Å². The minimum Gasteiger partial charge on any atom is -0.409 e. The van der Waals surface area contributed by atoms with E-state index in [0.29, 0.717) is 11.3 Å². The lowest BCUT2D eigenvalue weighted by atomic mass is 9.83. The molecule has 82 valence electrons. The van der Waals surface area contributed by atoms with Crippen LogP contribution in [0.1, 0.15) is 33.6 Å². The number of likely N-dealkylation sites (tertiary alicyclic amines) is 1. The Bertz CT molecular complexity index is 225. The van der Waals surface area contributed by atoms with Gasteiger partial charge < -0.3 is 10.9 Å². The standard InChI is InChI=1S/C10H21N3O/c1-8(9(11)12-14)13-6-4-5-10(2,3)7-13/h8,14H,4-7H2,1-3H3,(H2,11,12). The fraction of sp³-hybridized carbons (Fsp3) is 0.900. The number of amidine groups is 1. The summed E-state index contributed by atoms with van der Waals surface area (Å²) >= 11 is 0. The Morgan fingerprint density at radius 1 is 1.57 bits per heavy atom. The zero-order valence-electron chi connectivity index (χ0n) is 9.32. The van der Waals surface area contributed by atoms with Gasteiger partial charge in [0.2, 0.25) is 0 Å². The summed E-state index contributed by atoms with van der Waals surface area (Å²) in [6.45, 7) is 8.57. The first-order valence-electron chi connectivity index (χ1n) is 5.18. The predicted octanol–water partition coefficient (Wildman–Crippen LogP) is 1.24. The Hall–Kier alpha value is -0.770. The maximum atomic E-state index is 8.60. The van der Waals surface area contributed by atoms with E-state index in [0.717, 1.165) is 13.1 Å². The molecule has 0 radical (unpaired) electrons. The minimum absolute atomic E-state index is 0.0413. The van der Waals surface area contributed by atoms with E-state index in [9.17, 15) is 0 Å². The number of piperidine rings is 1. The van der Waals surface area contributed by atoms with Crippen molar-refractivity contribution in [3.63, 3.8) is 0 Å². The lowest BCUT2D eigenvalue weighted by molar-refractivity contribution is 0.105. The van der Waals surface area contributed by atoms with Gasteiger partial charge in [0, 0.05) is 6.54 Å². The highest BCUT2D eigenvalue weighted by Gasteiger charge is 2.30. The van der Waals surface area contributed by atoms with E-state index >= 15 is 0 Å². The van der Waals surface area contributed by atoms with Crippen LogP contribution in [-0.4, -0.2) is 35.1 Å². The van der Waals surface area contributed by atoms with Crippen molar-refractivity contribution in [3.05, 3.63) is 0 Å². The van der Waals surface area contributed by atoms with Gasteiger partial charge in [-0.1, -0.05) is 19.0 Å². The number of nitrogens with zero attached hydrogens (tertiary/aromatic N) is 2. The maximum Gasteiger partial charge on any atom is 0.156 e. The molecule has 14 heavy (non-hydrogen) atoms. The third kappa shape index (κ3) is 2.61. The molecule has 0 aliphatic carbocycles. The average molecular weight is 199 g/mol. The summed E-state index contributed by atoms with van der Waals surface area (Å²) in [7, 11) is 0. The van der Waals surface area contributed by atoms with Gasteiger partial charge >= 0.3 is 0 Å². The molecule has 0 spiro atoms. The van der Waals surface area contributed by atoms with Crippen LogP contribution in [0.3, 0.4) is 0 Å². The molecule has 1 rings (SSSR count). The van der Waals surface area contributed by atoms with Crippen molar-refractivity contribution in [3.8, 4) is 0 Å². The fourth-order valence-corrected chi connectivity index (χ4v) is 2.07. The number of rotatable bonds is 2. The van der Waals surface area contributed by atoms with Crippen molar-refractivity contribution in [2.24, 2.45) is 16.3 Å². The first-order valence-corrected chi connectivity index (χ1v) is 5.18. The van der Waals surface area contributed by atoms with Gasteiger partial charge in [0.25, 0.3) is 0 Å². The Kier molecular flexibility index (Phi) is 3.37. The first kappa shape index (κ1) is 11.3. The van der Waals surface area contributed by atoms with Gasteiger partial charge in [0.1, 0.15) is 0 Å². The highest BCUT2D eigenvalue weighted by atomic mass is 16.4. The van der Waals surface area contributed by atoms with Gasteiger partial charge in [-0.05, 0) is 31.7 Å². The molecule has 1 fully saturated rings. The second-order valence-electron chi connectivity index (χ2n) is 4.94. The molecular weight excluding hydrogens is 178 g/mol. The lowest BCUT2D eigenvalue weighted by Crippen LogP contribution is -2.49. The SMILES string of the molecule is CC(/C(N)=N/O)N1CCCC(C)(C)C1. The van der Waals surface area contributed by atoms with Crippen molar-refractivity contribution in [1.29, 1.82) is 0 Å². The molecule has 1 saturated heterocycles. The summed E-state index contributed by atoms with van der Waals surface area (Å²) in [4.78, 5) is 2.28. The third-order valence-electron chi connectivity index (χ3n) is 3.02. The highest BCUT2D eigenvalue weighted by molar-refractivity contribution is 5.84. The second kappa shape index (κ2) is 4.17. The Morgan fingerprint density at radius 2 is 2.21 bits per heavy atom. The summed E-state index contributed by atoms with van der Waals surface area (Å²) in [5.41, 5.74) is 5.94. The van der Waals surface area contributed by atoms with Crippen molar-refractivity contribution in [1.82, 2.24) is 4.90 Å². The molecule has 0 saturated carbocycles. The monoisotopic (exact) mass is 199 g/mol. The smallest absolute Gasteiger partial charge is 0.156 e. The first-order chi connectivity index (χ1) is 6.46. The molecule has 1 unspecified atom stereocenters. The van der Waals surface area contributed by atoms with Crippen LogP contribution in [0.25, 0.3) is 0 Å². The molecule has 0 bridgehead atoms. The number of nitrogens with two attached hydrogens (primary N) is 1. The van der Waals surface area contributed by atoms with Crippen molar-refractivity contribution in [2.75, 3.05) is 13.1 Å². The van der Waals surface area contributed by atoms with E-state index in [4.69, 9.17) is 10.9 Å². The molecular formula is C10H21N3O. The van der Waals surface area contributed by atoms with E-state index in [1.54, 1.807) is 0 Å². The van der Waals surface area contributed by atoms with E-state index in [-0.39, 0.29) is 6.04 Å². The van der Waals surface area contributed by atoms with Gasteiger partial charge in [-0.15, -0.1) is 0 Å². The van der Waals surface area contributed by atoms with E-state index in [2.05, 4.69) is 23.9 Å². The largest absolute Gasteiger partial charge is 0.409 e. The zero-order valence-corrected chi connectivity index (χ0v) is 9.32. The Morgan fingerprint density at radius 3 is 2.71 bits per heavy atom. The summed E-state index contributed by atoms with van der Waals surface area (Å²) in [5.74, 6) is 0.308. The average Bonchev–Trinajstić information content (AvgIpc) is 2.14. The fourth-order valence-electron chi connectivity index (χ4n) is 2.07.